The van der Waals surface area contributed by atoms with Gasteiger partial charge in [0.25, 0.3) is 11.6 Å². The van der Waals surface area contributed by atoms with Gasteiger partial charge in [0.1, 0.15) is 0 Å². The average Bonchev–Trinajstić information content (AvgIpc) is 2.71. The number of non-ortho nitro benzene ring substituents is 1. The fraction of sp³-hybridized carbons (Fsp3) is 0.500. The fourth-order valence-electron chi connectivity index (χ4n) is 3.15. The third-order valence-electron chi connectivity index (χ3n) is 4.75. The Balaban J connectivity index is 1.99. The molecule has 0 saturated carbocycles. The Bertz CT molecular complexity index is 736. The van der Waals surface area contributed by atoms with E-state index in [-0.39, 0.29) is 17.9 Å². The summed E-state index contributed by atoms with van der Waals surface area (Å²) in [5.74, 6) is -0.460. The van der Waals surface area contributed by atoms with E-state index in [1.807, 2.05) is 4.90 Å². The summed E-state index contributed by atoms with van der Waals surface area (Å²) in [6.07, 6.45) is 9.30. The molecule has 28 heavy (non-hydrogen) atoms. The minimum Gasteiger partial charge on any atom is -0.396 e. The van der Waals surface area contributed by atoms with E-state index in [4.69, 9.17) is 17.3 Å². The lowest BCUT2D eigenvalue weighted by atomic mass is 9.97. The normalized spacial score (nSPS) is 13.5. The summed E-state index contributed by atoms with van der Waals surface area (Å²) in [6.45, 7) is 1.46. The van der Waals surface area contributed by atoms with Crippen molar-refractivity contribution in [2.24, 2.45) is 0 Å². The number of thiocarbonyl (C=S) groups is 1. The number of unbranched alkanes of at least 4 members (excludes halogenated alkanes) is 1. The molecule has 1 aromatic rings. The van der Waals surface area contributed by atoms with E-state index in [1.165, 1.54) is 42.7 Å². The van der Waals surface area contributed by atoms with Gasteiger partial charge in [-0.3, -0.25) is 20.2 Å². The molecule has 2 rings (SSSR count). The Kier molecular flexibility index (Phi) is 9.03. The topological polar surface area (TPSA) is 95.7 Å². The van der Waals surface area contributed by atoms with E-state index >= 15 is 0 Å². The van der Waals surface area contributed by atoms with Gasteiger partial charge in [0.05, 0.1) is 4.92 Å². The summed E-state index contributed by atoms with van der Waals surface area (Å²) < 4.78 is 0. The van der Waals surface area contributed by atoms with E-state index in [0.717, 1.165) is 25.7 Å². The molecule has 0 fully saturated rings. The van der Waals surface area contributed by atoms with Crippen LogP contribution in [0.2, 0.25) is 0 Å². The monoisotopic (exact) mass is 405 g/mol. The smallest absolute Gasteiger partial charge is 0.270 e. The van der Waals surface area contributed by atoms with Gasteiger partial charge in [0.2, 0.25) is 0 Å². The Morgan fingerprint density at radius 3 is 2.79 bits per heavy atom. The van der Waals surface area contributed by atoms with Gasteiger partial charge in [-0.1, -0.05) is 17.7 Å². The SMILES string of the molecule is O=C(NC(=S)N(CCCCO)CCC1=CCCCC1)c1cccc([N+](=O)[O-])c1. The van der Waals surface area contributed by atoms with Crippen molar-refractivity contribution in [2.45, 2.75) is 44.9 Å². The zero-order chi connectivity index (χ0) is 20.4. The molecule has 0 bridgehead atoms. The highest BCUT2D eigenvalue weighted by atomic mass is 32.1. The highest BCUT2D eigenvalue weighted by molar-refractivity contribution is 7.80. The first kappa shape index (κ1) is 22.0. The molecule has 2 N–H and O–H groups in total. The third kappa shape index (κ3) is 7.01. The van der Waals surface area contributed by atoms with Crippen molar-refractivity contribution in [2.75, 3.05) is 19.7 Å². The lowest BCUT2D eigenvalue weighted by Gasteiger charge is -2.26. The number of aliphatic hydroxyl groups excluding tert-OH is 1. The van der Waals surface area contributed by atoms with Gasteiger partial charge in [0.15, 0.2) is 5.11 Å². The Morgan fingerprint density at radius 1 is 1.29 bits per heavy atom. The molecule has 7 nitrogen and oxygen atoms in total. The van der Waals surface area contributed by atoms with Gasteiger partial charge in [-0.05, 0) is 63.2 Å². The molecule has 152 valence electrons. The molecule has 0 spiro atoms. The zero-order valence-electron chi connectivity index (χ0n) is 15.9. The number of aliphatic hydroxyl groups is 1. The maximum Gasteiger partial charge on any atom is 0.270 e. The summed E-state index contributed by atoms with van der Waals surface area (Å²) in [5, 5.41) is 22.9. The molecule has 0 aromatic heterocycles. The molecule has 0 unspecified atom stereocenters. The highest BCUT2D eigenvalue weighted by Crippen LogP contribution is 2.20. The van der Waals surface area contributed by atoms with Crippen LogP contribution in [0.25, 0.3) is 0 Å². The number of nitro groups is 1. The van der Waals surface area contributed by atoms with Gasteiger partial charge in [-0.15, -0.1) is 0 Å². The van der Waals surface area contributed by atoms with Crippen molar-refractivity contribution >= 4 is 28.9 Å². The number of hydrogen-bond donors (Lipinski definition) is 2. The van der Waals surface area contributed by atoms with Crippen LogP contribution < -0.4 is 5.32 Å². The predicted molar refractivity (Wildman–Crippen MR) is 112 cm³/mol. The van der Waals surface area contributed by atoms with Crippen molar-refractivity contribution < 1.29 is 14.8 Å². The van der Waals surface area contributed by atoms with Crippen molar-refractivity contribution in [3.8, 4) is 0 Å². The molecule has 1 aliphatic carbocycles. The number of nitro benzene ring substituents is 1. The van der Waals surface area contributed by atoms with E-state index in [0.29, 0.717) is 24.6 Å². The fourth-order valence-corrected chi connectivity index (χ4v) is 3.42. The number of rotatable bonds is 9. The third-order valence-corrected chi connectivity index (χ3v) is 5.11. The first-order valence-electron chi connectivity index (χ1n) is 9.64. The number of benzene rings is 1. The summed E-state index contributed by atoms with van der Waals surface area (Å²) in [6, 6.07) is 5.58. The minimum absolute atomic E-state index is 0.117. The lowest BCUT2D eigenvalue weighted by molar-refractivity contribution is -0.384. The molecule has 8 heteroatoms. The van der Waals surface area contributed by atoms with Crippen LogP contribution in [0.3, 0.4) is 0 Å². The van der Waals surface area contributed by atoms with E-state index in [9.17, 15) is 14.9 Å². The van der Waals surface area contributed by atoms with Gasteiger partial charge in [0, 0.05) is 37.4 Å². The predicted octanol–water partition coefficient (Wildman–Crippen LogP) is 3.57. The number of hydrogen-bond acceptors (Lipinski definition) is 5. The molecule has 0 aliphatic heterocycles. The maximum absolute atomic E-state index is 12.5. The van der Waals surface area contributed by atoms with Crippen LogP contribution in [0, 0.1) is 10.1 Å². The van der Waals surface area contributed by atoms with Gasteiger partial charge in [-0.2, -0.15) is 0 Å². The second-order valence-electron chi connectivity index (χ2n) is 6.84. The summed E-state index contributed by atoms with van der Waals surface area (Å²) in [4.78, 5) is 24.8. The summed E-state index contributed by atoms with van der Waals surface area (Å²) in [5.41, 5.74) is 1.48. The van der Waals surface area contributed by atoms with Crippen LogP contribution in [0.1, 0.15) is 55.3 Å². The van der Waals surface area contributed by atoms with E-state index in [1.54, 1.807) is 0 Å². The summed E-state index contributed by atoms with van der Waals surface area (Å²) in [7, 11) is 0. The average molecular weight is 406 g/mol. The maximum atomic E-state index is 12.5. The Labute approximate surface area is 170 Å². The second-order valence-corrected chi connectivity index (χ2v) is 7.23. The molecule has 1 aromatic carbocycles. The number of amides is 1. The molecule has 1 aliphatic rings. The Hall–Kier alpha value is -2.32. The van der Waals surface area contributed by atoms with Crippen LogP contribution >= 0.6 is 12.2 Å². The van der Waals surface area contributed by atoms with Crippen molar-refractivity contribution in [3.63, 3.8) is 0 Å². The van der Waals surface area contributed by atoms with Gasteiger partial charge >= 0.3 is 0 Å². The molecular formula is C20H27N3O4S. The molecule has 1 amide bonds. The number of nitrogens with one attached hydrogen (secondary N) is 1. The summed E-state index contributed by atoms with van der Waals surface area (Å²) >= 11 is 5.43. The first-order valence-corrected chi connectivity index (χ1v) is 10.1. The molecule has 0 atom stereocenters. The van der Waals surface area contributed by atoms with Gasteiger partial charge < -0.3 is 10.0 Å². The van der Waals surface area contributed by atoms with Crippen LogP contribution in [-0.2, 0) is 0 Å². The number of carbonyl (C=O) groups is 1. The molecule has 0 heterocycles. The zero-order valence-corrected chi connectivity index (χ0v) is 16.7. The molecular weight excluding hydrogens is 378 g/mol. The van der Waals surface area contributed by atoms with Crippen molar-refractivity contribution in [3.05, 3.63) is 51.6 Å². The minimum atomic E-state index is -0.534. The van der Waals surface area contributed by atoms with Crippen molar-refractivity contribution in [1.29, 1.82) is 0 Å². The lowest BCUT2D eigenvalue weighted by Crippen LogP contribution is -2.43. The van der Waals surface area contributed by atoms with Crippen molar-refractivity contribution in [1.82, 2.24) is 10.2 Å². The van der Waals surface area contributed by atoms with Gasteiger partial charge in [-0.25, -0.2) is 0 Å². The van der Waals surface area contributed by atoms with E-state index in [2.05, 4.69) is 11.4 Å². The Morgan fingerprint density at radius 2 is 2.11 bits per heavy atom. The van der Waals surface area contributed by atoms with E-state index < -0.39 is 10.8 Å². The van der Waals surface area contributed by atoms with Crippen LogP contribution in [0.15, 0.2) is 35.9 Å². The molecule has 0 radical (unpaired) electrons. The largest absolute Gasteiger partial charge is 0.396 e. The first-order chi connectivity index (χ1) is 13.5. The number of carbonyl (C=O) groups excluding carboxylic acids is 1. The van der Waals surface area contributed by atoms with Crippen LogP contribution in [0.4, 0.5) is 5.69 Å². The quantitative estimate of drug-likeness (QED) is 0.214. The number of nitrogens with zero attached hydrogens (tertiary/aromatic N) is 2. The second kappa shape index (κ2) is 11.5. The van der Waals surface area contributed by atoms with Crippen LogP contribution in [-0.4, -0.2) is 45.6 Å². The molecule has 0 saturated heterocycles. The number of allylic oxidation sites excluding steroid dienone is 1. The van der Waals surface area contributed by atoms with Crippen LogP contribution in [0.5, 0.6) is 0 Å². The standard InChI is InChI=1S/C20H27N3O4S/c24-14-5-4-12-22(13-11-16-7-2-1-3-8-16)20(28)21-19(25)17-9-6-10-18(15-17)23(26)27/h6-7,9-10,15,24H,1-5,8,11-14H2,(H,21,25,28). The highest BCUT2D eigenvalue weighted by Gasteiger charge is 2.17.